The first-order chi connectivity index (χ1) is 12.1. The molecule has 0 aliphatic carbocycles. The summed E-state index contributed by atoms with van der Waals surface area (Å²) in [7, 11) is 2.03. The molecule has 2 atom stereocenters. The fourth-order valence-corrected chi connectivity index (χ4v) is 4.26. The zero-order valence-corrected chi connectivity index (χ0v) is 15.0. The summed E-state index contributed by atoms with van der Waals surface area (Å²) in [4.78, 5) is 20.7. The molecule has 0 radical (unpaired) electrons. The Morgan fingerprint density at radius 3 is 3.08 bits per heavy atom. The monoisotopic (exact) mass is 348 g/mol. The van der Waals surface area contributed by atoms with Crippen LogP contribution in [0.25, 0.3) is 0 Å². The number of nitrogens with zero attached hydrogens (tertiary/aromatic N) is 4. The Morgan fingerprint density at radius 1 is 1.40 bits per heavy atom. The number of ether oxygens (including phenoxy) is 2. The maximum Gasteiger partial charge on any atom is 0.222 e. The van der Waals surface area contributed by atoms with Crippen LogP contribution in [-0.4, -0.2) is 76.4 Å². The SMILES string of the molecule is Cn1ccnc1CN1CCOC[C@]2(CC[C@H](CN3CCCC3=O)O2)C1. The molecule has 0 bridgehead atoms. The molecule has 7 nitrogen and oxygen atoms in total. The second-order valence-electron chi connectivity index (χ2n) is 7.62. The highest BCUT2D eigenvalue weighted by Gasteiger charge is 2.44. The van der Waals surface area contributed by atoms with E-state index in [0.29, 0.717) is 13.0 Å². The van der Waals surface area contributed by atoms with Crippen LogP contribution < -0.4 is 0 Å². The summed E-state index contributed by atoms with van der Waals surface area (Å²) in [5, 5.41) is 0. The van der Waals surface area contributed by atoms with Gasteiger partial charge in [-0.3, -0.25) is 9.69 Å². The van der Waals surface area contributed by atoms with Gasteiger partial charge in [-0.25, -0.2) is 4.98 Å². The highest BCUT2D eigenvalue weighted by molar-refractivity contribution is 5.78. The van der Waals surface area contributed by atoms with Gasteiger partial charge in [0.15, 0.2) is 0 Å². The third-order valence-corrected chi connectivity index (χ3v) is 5.65. The smallest absolute Gasteiger partial charge is 0.222 e. The lowest BCUT2D eigenvalue weighted by atomic mass is 10.00. The van der Waals surface area contributed by atoms with E-state index >= 15 is 0 Å². The molecule has 3 aliphatic heterocycles. The van der Waals surface area contributed by atoms with Crippen molar-refractivity contribution in [1.29, 1.82) is 0 Å². The standard InChI is InChI=1S/C18H28N4O3/c1-20-8-6-19-16(20)12-21-9-10-24-14-18(13-21)5-4-15(25-18)11-22-7-2-3-17(22)23/h6,8,15H,2-5,7,9-14H2,1H3/t15-,18+/m1/s1. The predicted molar refractivity (Wildman–Crippen MR) is 92.0 cm³/mol. The molecule has 0 aromatic carbocycles. The third kappa shape index (κ3) is 3.73. The van der Waals surface area contributed by atoms with E-state index in [1.807, 2.05) is 24.3 Å². The summed E-state index contributed by atoms with van der Waals surface area (Å²) in [6.07, 6.45) is 7.64. The van der Waals surface area contributed by atoms with Crippen molar-refractivity contribution in [3.05, 3.63) is 18.2 Å². The largest absolute Gasteiger partial charge is 0.377 e. The third-order valence-electron chi connectivity index (χ3n) is 5.65. The Bertz CT molecular complexity index is 619. The number of carbonyl (C=O) groups excluding carboxylic acids is 1. The first-order valence-corrected chi connectivity index (χ1v) is 9.35. The average molecular weight is 348 g/mol. The topological polar surface area (TPSA) is 59.8 Å². The van der Waals surface area contributed by atoms with Crippen LogP contribution in [0.15, 0.2) is 12.4 Å². The first-order valence-electron chi connectivity index (χ1n) is 9.35. The van der Waals surface area contributed by atoms with Gasteiger partial charge in [-0.2, -0.15) is 0 Å². The molecule has 3 aliphatic rings. The van der Waals surface area contributed by atoms with Crippen molar-refractivity contribution in [3.8, 4) is 0 Å². The molecular weight excluding hydrogens is 320 g/mol. The summed E-state index contributed by atoms with van der Waals surface area (Å²) in [5.74, 6) is 1.34. The van der Waals surface area contributed by atoms with Gasteiger partial charge in [0.25, 0.3) is 0 Å². The minimum Gasteiger partial charge on any atom is -0.377 e. The van der Waals surface area contributed by atoms with Gasteiger partial charge in [-0.15, -0.1) is 0 Å². The van der Waals surface area contributed by atoms with Crippen LogP contribution in [0.3, 0.4) is 0 Å². The van der Waals surface area contributed by atoms with Crippen LogP contribution in [0.2, 0.25) is 0 Å². The van der Waals surface area contributed by atoms with Gasteiger partial charge in [0.1, 0.15) is 11.4 Å². The zero-order valence-electron chi connectivity index (χ0n) is 15.0. The molecule has 4 heterocycles. The molecule has 138 valence electrons. The molecule has 1 spiro atoms. The molecule has 0 unspecified atom stereocenters. The summed E-state index contributed by atoms with van der Waals surface area (Å²) in [6.45, 7) is 5.57. The van der Waals surface area contributed by atoms with E-state index in [0.717, 1.165) is 64.4 Å². The molecule has 1 aromatic rings. The van der Waals surface area contributed by atoms with Crippen molar-refractivity contribution in [3.63, 3.8) is 0 Å². The number of aryl methyl sites for hydroxylation is 1. The number of amides is 1. The fourth-order valence-electron chi connectivity index (χ4n) is 4.26. The lowest BCUT2D eigenvalue weighted by Crippen LogP contribution is -2.45. The Hall–Kier alpha value is -1.44. The van der Waals surface area contributed by atoms with Crippen molar-refractivity contribution >= 4 is 5.91 Å². The van der Waals surface area contributed by atoms with Gasteiger partial charge >= 0.3 is 0 Å². The second-order valence-corrected chi connectivity index (χ2v) is 7.62. The summed E-state index contributed by atoms with van der Waals surface area (Å²) in [5.41, 5.74) is -0.241. The molecule has 3 fully saturated rings. The maximum absolute atomic E-state index is 11.9. The first kappa shape index (κ1) is 17.0. The van der Waals surface area contributed by atoms with Gasteiger partial charge in [-0.1, -0.05) is 0 Å². The number of aromatic nitrogens is 2. The summed E-state index contributed by atoms with van der Waals surface area (Å²) < 4.78 is 14.4. The van der Waals surface area contributed by atoms with Gasteiger partial charge in [0, 0.05) is 52.0 Å². The number of hydrogen-bond donors (Lipinski definition) is 0. The van der Waals surface area contributed by atoms with Crippen LogP contribution in [0.5, 0.6) is 0 Å². The Kier molecular flexibility index (Phi) is 4.80. The van der Waals surface area contributed by atoms with Gasteiger partial charge in [0.2, 0.25) is 5.91 Å². The highest BCUT2D eigenvalue weighted by atomic mass is 16.6. The lowest BCUT2D eigenvalue weighted by Gasteiger charge is -2.32. The van der Waals surface area contributed by atoms with Crippen molar-refractivity contribution in [1.82, 2.24) is 19.4 Å². The van der Waals surface area contributed by atoms with Crippen molar-refractivity contribution < 1.29 is 14.3 Å². The Labute approximate surface area is 148 Å². The molecule has 1 amide bonds. The van der Waals surface area contributed by atoms with Crippen LogP contribution in [0, 0.1) is 0 Å². The number of carbonyl (C=O) groups is 1. The number of likely N-dealkylation sites (tertiary alicyclic amines) is 1. The van der Waals surface area contributed by atoms with Crippen molar-refractivity contribution in [2.24, 2.45) is 7.05 Å². The lowest BCUT2D eigenvalue weighted by molar-refractivity contribution is -0.132. The van der Waals surface area contributed by atoms with Crippen LogP contribution in [0.1, 0.15) is 31.5 Å². The number of rotatable bonds is 4. The molecule has 1 aromatic heterocycles. The van der Waals surface area contributed by atoms with Gasteiger partial charge in [0.05, 0.1) is 25.9 Å². The normalized spacial score (nSPS) is 31.2. The predicted octanol–water partition coefficient (Wildman–Crippen LogP) is 0.793. The van der Waals surface area contributed by atoms with Gasteiger partial charge in [-0.05, 0) is 19.3 Å². The van der Waals surface area contributed by atoms with E-state index < -0.39 is 0 Å². The van der Waals surface area contributed by atoms with Crippen LogP contribution in [-0.2, 0) is 27.9 Å². The molecular formula is C18H28N4O3. The number of hydrogen-bond acceptors (Lipinski definition) is 5. The molecule has 0 saturated carbocycles. The molecule has 25 heavy (non-hydrogen) atoms. The minimum atomic E-state index is -0.241. The van der Waals surface area contributed by atoms with Gasteiger partial charge < -0.3 is 18.9 Å². The molecule has 7 heteroatoms. The van der Waals surface area contributed by atoms with E-state index in [1.54, 1.807) is 0 Å². The van der Waals surface area contributed by atoms with Crippen molar-refractivity contribution in [2.75, 3.05) is 39.4 Å². The second kappa shape index (κ2) is 7.05. The molecule has 0 N–H and O–H groups in total. The molecule has 4 rings (SSSR count). The van der Waals surface area contributed by atoms with E-state index in [-0.39, 0.29) is 17.6 Å². The van der Waals surface area contributed by atoms with Crippen LogP contribution >= 0.6 is 0 Å². The minimum absolute atomic E-state index is 0.138. The quantitative estimate of drug-likeness (QED) is 0.805. The fraction of sp³-hybridized carbons (Fsp3) is 0.778. The number of imidazole rings is 1. The maximum atomic E-state index is 11.9. The van der Waals surface area contributed by atoms with E-state index in [9.17, 15) is 4.79 Å². The van der Waals surface area contributed by atoms with E-state index in [4.69, 9.17) is 9.47 Å². The Morgan fingerprint density at radius 2 is 2.32 bits per heavy atom. The zero-order chi connectivity index (χ0) is 17.3. The van der Waals surface area contributed by atoms with E-state index in [1.165, 1.54) is 0 Å². The van der Waals surface area contributed by atoms with E-state index in [2.05, 4.69) is 14.5 Å². The summed E-state index contributed by atoms with van der Waals surface area (Å²) >= 11 is 0. The molecule has 3 saturated heterocycles. The summed E-state index contributed by atoms with van der Waals surface area (Å²) in [6, 6.07) is 0. The average Bonchev–Trinajstić information content (AvgIpc) is 3.24. The Balaban J connectivity index is 1.38. The van der Waals surface area contributed by atoms with Crippen LogP contribution in [0.4, 0.5) is 0 Å². The highest BCUT2D eigenvalue weighted by Crippen LogP contribution is 2.34. The van der Waals surface area contributed by atoms with Crippen molar-refractivity contribution in [2.45, 2.75) is 43.9 Å².